The van der Waals surface area contributed by atoms with Gasteiger partial charge in [0.1, 0.15) is 5.69 Å². The molecule has 1 atom stereocenters. The highest BCUT2D eigenvalue weighted by molar-refractivity contribution is 6.03. The molecule has 0 spiro atoms. The van der Waals surface area contributed by atoms with Crippen molar-refractivity contribution in [3.8, 4) is 11.6 Å². The number of hydrogen-bond donors (Lipinski definition) is 1. The summed E-state index contributed by atoms with van der Waals surface area (Å²) in [5.41, 5.74) is 3.71. The van der Waals surface area contributed by atoms with Crippen LogP contribution in [0, 0.1) is 19.8 Å². The molecular weight excluding hydrogens is 360 g/mol. The van der Waals surface area contributed by atoms with Crippen LogP contribution in [0.3, 0.4) is 0 Å². The second-order valence-corrected chi connectivity index (χ2v) is 6.92. The maximum Gasteiger partial charge on any atom is 0.322 e. The summed E-state index contributed by atoms with van der Waals surface area (Å²) in [6, 6.07) is 7.57. The third-order valence-corrected chi connectivity index (χ3v) is 4.99. The van der Waals surface area contributed by atoms with Crippen LogP contribution in [-0.4, -0.2) is 38.3 Å². The van der Waals surface area contributed by atoms with Crippen molar-refractivity contribution in [1.29, 1.82) is 0 Å². The first-order valence-corrected chi connectivity index (χ1v) is 8.92. The fraction of sp³-hybridized carbons (Fsp3) is 0.316. The normalized spacial score (nSPS) is 16.6. The highest BCUT2D eigenvalue weighted by Crippen LogP contribution is 2.28. The van der Waals surface area contributed by atoms with E-state index in [1.165, 1.54) is 0 Å². The molecule has 0 aliphatic carbocycles. The van der Waals surface area contributed by atoms with Gasteiger partial charge in [-0.25, -0.2) is 0 Å². The molecule has 28 heavy (non-hydrogen) atoms. The summed E-state index contributed by atoms with van der Waals surface area (Å²) in [7, 11) is 1.75. The first kappa shape index (κ1) is 17.9. The molecule has 1 N–H and O–H groups in total. The van der Waals surface area contributed by atoms with E-state index in [0.29, 0.717) is 12.2 Å². The third-order valence-electron chi connectivity index (χ3n) is 4.99. The molecule has 0 radical (unpaired) electrons. The van der Waals surface area contributed by atoms with Crippen LogP contribution in [0.15, 0.2) is 34.9 Å². The molecule has 2 aromatic heterocycles. The third kappa shape index (κ3) is 3.26. The highest BCUT2D eigenvalue weighted by Gasteiger charge is 2.35. The van der Waals surface area contributed by atoms with Gasteiger partial charge in [-0.05, 0) is 43.2 Å². The Hall–Kier alpha value is -3.49. The molecule has 9 nitrogen and oxygen atoms in total. The number of carbonyl (C=O) groups is 2. The molecule has 3 aromatic rings. The van der Waals surface area contributed by atoms with E-state index in [1.54, 1.807) is 28.9 Å². The Bertz CT molecular complexity index is 1050. The van der Waals surface area contributed by atoms with Gasteiger partial charge in [-0.15, -0.1) is 5.10 Å². The monoisotopic (exact) mass is 380 g/mol. The largest absolute Gasteiger partial charge is 0.401 e. The molecule has 1 saturated heterocycles. The molecule has 1 fully saturated rings. The zero-order valence-electron chi connectivity index (χ0n) is 15.8. The fourth-order valence-corrected chi connectivity index (χ4v) is 3.19. The van der Waals surface area contributed by atoms with Gasteiger partial charge in [-0.1, -0.05) is 11.2 Å². The Kier molecular flexibility index (Phi) is 4.42. The van der Waals surface area contributed by atoms with Crippen molar-refractivity contribution in [3.05, 3.63) is 41.6 Å². The van der Waals surface area contributed by atoms with Crippen LogP contribution in [0.5, 0.6) is 0 Å². The van der Waals surface area contributed by atoms with Crippen LogP contribution < -0.4 is 10.2 Å². The molecule has 1 unspecified atom stereocenters. The predicted molar refractivity (Wildman–Crippen MR) is 102 cm³/mol. The Balaban J connectivity index is 1.44. The maximum absolute atomic E-state index is 12.6. The van der Waals surface area contributed by atoms with Gasteiger partial charge in [0.05, 0.1) is 5.92 Å². The number of nitrogens with one attached hydrogen (secondary N) is 1. The molecule has 1 aromatic carbocycles. The molecule has 1 aliphatic heterocycles. The van der Waals surface area contributed by atoms with E-state index < -0.39 is 5.92 Å². The van der Waals surface area contributed by atoms with E-state index in [-0.39, 0.29) is 30.1 Å². The number of benzene rings is 1. The lowest BCUT2D eigenvalue weighted by molar-refractivity contribution is -0.122. The van der Waals surface area contributed by atoms with E-state index in [1.807, 2.05) is 32.0 Å². The Morgan fingerprint density at radius 3 is 2.75 bits per heavy atom. The minimum Gasteiger partial charge on any atom is -0.401 e. The zero-order chi connectivity index (χ0) is 19.8. The summed E-state index contributed by atoms with van der Waals surface area (Å²) in [5.74, 6) is -0.625. The minimum atomic E-state index is -0.485. The predicted octanol–water partition coefficient (Wildman–Crippen LogP) is 2.08. The van der Waals surface area contributed by atoms with E-state index in [4.69, 9.17) is 4.42 Å². The van der Waals surface area contributed by atoms with Crippen molar-refractivity contribution in [2.45, 2.75) is 20.3 Å². The second-order valence-electron chi connectivity index (χ2n) is 6.92. The van der Waals surface area contributed by atoms with E-state index in [0.717, 1.165) is 16.8 Å². The lowest BCUT2D eigenvalue weighted by atomic mass is 10.1. The molecule has 0 bridgehead atoms. The van der Waals surface area contributed by atoms with Crippen molar-refractivity contribution in [3.63, 3.8) is 0 Å². The van der Waals surface area contributed by atoms with Crippen molar-refractivity contribution in [1.82, 2.24) is 20.0 Å². The molecule has 9 heteroatoms. The van der Waals surface area contributed by atoms with Gasteiger partial charge in [0.25, 0.3) is 5.89 Å². The maximum atomic E-state index is 12.6. The summed E-state index contributed by atoms with van der Waals surface area (Å²) in [6.45, 7) is 4.33. The van der Waals surface area contributed by atoms with Gasteiger partial charge in [0, 0.05) is 31.9 Å². The van der Waals surface area contributed by atoms with Gasteiger partial charge in [-0.2, -0.15) is 5.10 Å². The van der Waals surface area contributed by atoms with Gasteiger partial charge >= 0.3 is 6.01 Å². The minimum absolute atomic E-state index is 0.00159. The fourth-order valence-electron chi connectivity index (χ4n) is 3.19. The van der Waals surface area contributed by atoms with E-state index >= 15 is 0 Å². The number of anilines is 2. The SMILES string of the molecule is Cc1ccc(N2CC(C(=O)Nc3nnc(-c4ccnn4C)o3)CC2=O)cc1C. The van der Waals surface area contributed by atoms with E-state index in [2.05, 4.69) is 20.6 Å². The number of aryl methyl sites for hydroxylation is 3. The molecule has 4 rings (SSSR count). The lowest BCUT2D eigenvalue weighted by Gasteiger charge is -2.17. The van der Waals surface area contributed by atoms with Crippen LogP contribution in [0.25, 0.3) is 11.6 Å². The Morgan fingerprint density at radius 1 is 1.21 bits per heavy atom. The first-order chi connectivity index (χ1) is 13.4. The molecule has 3 heterocycles. The molecule has 2 amide bonds. The van der Waals surface area contributed by atoms with Gasteiger partial charge in [0.15, 0.2) is 0 Å². The van der Waals surface area contributed by atoms with Crippen molar-refractivity contribution >= 4 is 23.5 Å². The summed E-state index contributed by atoms with van der Waals surface area (Å²) < 4.78 is 7.09. The summed E-state index contributed by atoms with van der Waals surface area (Å²) in [5, 5.41) is 14.4. The number of hydrogen-bond acceptors (Lipinski definition) is 6. The van der Waals surface area contributed by atoms with Crippen molar-refractivity contribution in [2.75, 3.05) is 16.8 Å². The van der Waals surface area contributed by atoms with Gasteiger partial charge in [-0.3, -0.25) is 19.6 Å². The second kappa shape index (κ2) is 6.91. The quantitative estimate of drug-likeness (QED) is 0.743. The number of carbonyl (C=O) groups excluding carboxylic acids is 2. The van der Waals surface area contributed by atoms with Crippen LogP contribution in [0.1, 0.15) is 17.5 Å². The first-order valence-electron chi connectivity index (χ1n) is 8.92. The number of nitrogens with zero attached hydrogens (tertiary/aromatic N) is 5. The van der Waals surface area contributed by atoms with Gasteiger partial charge in [0.2, 0.25) is 11.8 Å². The van der Waals surface area contributed by atoms with Crippen LogP contribution in [0.2, 0.25) is 0 Å². The van der Waals surface area contributed by atoms with Gasteiger partial charge < -0.3 is 9.32 Å². The average Bonchev–Trinajstić information content (AvgIpc) is 3.37. The Labute approximate surface area is 161 Å². The summed E-state index contributed by atoms with van der Waals surface area (Å²) >= 11 is 0. The Morgan fingerprint density at radius 2 is 2.04 bits per heavy atom. The smallest absolute Gasteiger partial charge is 0.322 e. The molecular formula is C19H20N6O3. The summed E-state index contributed by atoms with van der Waals surface area (Å²) in [4.78, 5) is 26.7. The lowest BCUT2D eigenvalue weighted by Crippen LogP contribution is -2.28. The number of rotatable bonds is 4. The van der Waals surface area contributed by atoms with Crippen LogP contribution >= 0.6 is 0 Å². The average molecular weight is 380 g/mol. The topological polar surface area (TPSA) is 106 Å². The highest BCUT2D eigenvalue weighted by atomic mass is 16.4. The molecule has 144 valence electrons. The standard InChI is InChI=1S/C19H20N6O3/c1-11-4-5-14(8-12(11)2)25-10-13(9-16(25)26)17(27)21-19-23-22-18(28-19)15-6-7-20-24(15)3/h4-8,13H,9-10H2,1-3H3,(H,21,23,27). The van der Waals surface area contributed by atoms with Crippen LogP contribution in [0.4, 0.5) is 11.7 Å². The molecule has 1 aliphatic rings. The zero-order valence-corrected chi connectivity index (χ0v) is 15.8. The van der Waals surface area contributed by atoms with Crippen LogP contribution in [-0.2, 0) is 16.6 Å². The number of amides is 2. The summed E-state index contributed by atoms with van der Waals surface area (Å²) in [6.07, 6.45) is 1.75. The van der Waals surface area contributed by atoms with E-state index in [9.17, 15) is 9.59 Å². The van der Waals surface area contributed by atoms with Crippen molar-refractivity contribution < 1.29 is 14.0 Å². The number of aromatic nitrogens is 4. The molecule has 0 saturated carbocycles. The van der Waals surface area contributed by atoms with Crippen molar-refractivity contribution in [2.24, 2.45) is 13.0 Å².